The van der Waals surface area contributed by atoms with Crippen molar-refractivity contribution in [3.63, 3.8) is 0 Å². The zero-order valence-corrected chi connectivity index (χ0v) is 12.3. The predicted molar refractivity (Wildman–Crippen MR) is 84.1 cm³/mol. The molecule has 0 heterocycles. The fraction of sp³-hybridized carbons (Fsp3) is 0.389. The van der Waals surface area contributed by atoms with Crippen LogP contribution in [0.4, 0.5) is 0 Å². The van der Waals surface area contributed by atoms with Gasteiger partial charge in [0.05, 0.1) is 6.61 Å². The van der Waals surface area contributed by atoms with E-state index in [0.717, 1.165) is 6.42 Å². The third kappa shape index (κ3) is 2.66. The lowest BCUT2D eigenvalue weighted by Gasteiger charge is -2.19. The Hall–Kier alpha value is -1.87. The van der Waals surface area contributed by atoms with Crippen LogP contribution in [0, 0.1) is 5.92 Å². The molecule has 1 N–H and O–H groups in total. The van der Waals surface area contributed by atoms with Gasteiger partial charge in [-0.2, -0.15) is 0 Å². The number of hydrogen-bond acceptors (Lipinski definition) is 2. The lowest BCUT2D eigenvalue weighted by atomic mass is 10.00. The summed E-state index contributed by atoms with van der Waals surface area (Å²) in [5.74, 6) is 0.600. The predicted octanol–water partition coefficient (Wildman–Crippen LogP) is 2.78. The van der Waals surface area contributed by atoms with Crippen molar-refractivity contribution in [3.8, 4) is 0 Å². The molecule has 3 rings (SSSR count). The third-order valence-corrected chi connectivity index (χ3v) is 4.39. The minimum absolute atomic E-state index is 0.0330. The minimum Gasteiger partial charge on any atom is -0.395 e. The van der Waals surface area contributed by atoms with Crippen molar-refractivity contribution in [1.29, 1.82) is 0 Å². The van der Waals surface area contributed by atoms with E-state index in [-0.39, 0.29) is 18.4 Å². The molecule has 3 nitrogen and oxygen atoms in total. The van der Waals surface area contributed by atoms with E-state index in [0.29, 0.717) is 19.0 Å². The molecule has 0 aromatic heterocycles. The molecule has 0 bridgehead atoms. The quantitative estimate of drug-likeness (QED) is 0.916. The zero-order chi connectivity index (χ0) is 14.8. The molecule has 0 saturated heterocycles. The van der Waals surface area contributed by atoms with Gasteiger partial charge in [-0.15, -0.1) is 0 Å². The molecule has 2 atom stereocenters. The Morgan fingerprint density at radius 3 is 2.76 bits per heavy atom. The number of hydrogen-bond donors (Lipinski definition) is 1. The smallest absolute Gasteiger partial charge is 0.226 e. The summed E-state index contributed by atoms with van der Waals surface area (Å²) in [4.78, 5) is 14.2. The van der Waals surface area contributed by atoms with E-state index in [1.807, 2.05) is 13.0 Å². The first-order chi connectivity index (χ1) is 10.3. The van der Waals surface area contributed by atoms with Crippen LogP contribution in [-0.2, 0) is 4.79 Å². The number of benzene rings is 2. The number of carbonyl (C=O) groups is 1. The molecule has 0 spiro atoms. The normalized spacial score (nSPS) is 20.5. The van der Waals surface area contributed by atoms with Crippen molar-refractivity contribution < 1.29 is 9.90 Å². The molecule has 1 aliphatic carbocycles. The van der Waals surface area contributed by atoms with E-state index in [2.05, 4.69) is 36.4 Å². The molecule has 1 aliphatic rings. The molecule has 1 amide bonds. The van der Waals surface area contributed by atoms with Gasteiger partial charge in [0.2, 0.25) is 5.91 Å². The molecular formula is C18H21NO2. The maximum atomic E-state index is 12.5. The molecule has 2 aromatic carbocycles. The summed E-state index contributed by atoms with van der Waals surface area (Å²) in [6.45, 7) is 3.10. The second-order valence-electron chi connectivity index (χ2n) is 5.66. The van der Waals surface area contributed by atoms with Crippen LogP contribution in [0.15, 0.2) is 42.5 Å². The lowest BCUT2D eigenvalue weighted by molar-refractivity contribution is -0.133. The number of likely N-dealkylation sites (N-methyl/N-ethyl adjacent to an activating group) is 1. The largest absolute Gasteiger partial charge is 0.395 e. The summed E-state index contributed by atoms with van der Waals surface area (Å²) < 4.78 is 0. The van der Waals surface area contributed by atoms with Gasteiger partial charge < -0.3 is 10.0 Å². The van der Waals surface area contributed by atoms with E-state index < -0.39 is 0 Å². The van der Waals surface area contributed by atoms with E-state index in [1.165, 1.54) is 16.3 Å². The summed E-state index contributed by atoms with van der Waals surface area (Å²) in [6.07, 6.45) is 0.925. The molecule has 110 valence electrons. The van der Waals surface area contributed by atoms with Gasteiger partial charge >= 0.3 is 0 Å². The maximum absolute atomic E-state index is 12.5. The molecule has 0 radical (unpaired) electrons. The van der Waals surface area contributed by atoms with Gasteiger partial charge in [0.15, 0.2) is 0 Å². The highest BCUT2D eigenvalue weighted by Crippen LogP contribution is 2.50. The van der Waals surface area contributed by atoms with Gasteiger partial charge in [-0.1, -0.05) is 42.5 Å². The second-order valence-corrected chi connectivity index (χ2v) is 5.66. The second kappa shape index (κ2) is 5.86. The van der Waals surface area contributed by atoms with Gasteiger partial charge in [-0.25, -0.2) is 0 Å². The monoisotopic (exact) mass is 283 g/mol. The highest BCUT2D eigenvalue weighted by atomic mass is 16.3. The fourth-order valence-electron chi connectivity index (χ4n) is 3.16. The zero-order valence-electron chi connectivity index (χ0n) is 12.3. The maximum Gasteiger partial charge on any atom is 0.226 e. The van der Waals surface area contributed by atoms with Crippen LogP contribution < -0.4 is 0 Å². The van der Waals surface area contributed by atoms with Gasteiger partial charge in [0.25, 0.3) is 0 Å². The highest BCUT2D eigenvalue weighted by Gasteiger charge is 2.45. The molecule has 2 unspecified atom stereocenters. The topological polar surface area (TPSA) is 40.5 Å². The molecule has 0 aliphatic heterocycles. The number of fused-ring (bicyclic) bond motifs is 1. The SMILES string of the molecule is CCN(CCO)C(=O)C1CC1c1cccc2ccccc12. The van der Waals surface area contributed by atoms with E-state index in [1.54, 1.807) is 4.90 Å². The first-order valence-corrected chi connectivity index (χ1v) is 7.63. The first kappa shape index (κ1) is 14.1. The Kier molecular flexibility index (Phi) is 3.93. The highest BCUT2D eigenvalue weighted by molar-refractivity contribution is 5.89. The standard InChI is InChI=1S/C18H21NO2/c1-2-19(10-11-20)18(21)17-12-16(17)15-9-5-7-13-6-3-4-8-14(13)15/h3-9,16-17,20H,2,10-12H2,1H3. The Labute approximate surface area is 125 Å². The van der Waals surface area contributed by atoms with E-state index in [4.69, 9.17) is 5.11 Å². The van der Waals surface area contributed by atoms with Crippen molar-refractivity contribution >= 4 is 16.7 Å². The summed E-state index contributed by atoms with van der Waals surface area (Å²) in [7, 11) is 0. The average molecular weight is 283 g/mol. The molecule has 3 heteroatoms. The molecule has 1 saturated carbocycles. The number of rotatable bonds is 5. The Balaban J connectivity index is 1.82. The third-order valence-electron chi connectivity index (χ3n) is 4.39. The van der Waals surface area contributed by atoms with Crippen molar-refractivity contribution in [3.05, 3.63) is 48.0 Å². The van der Waals surface area contributed by atoms with Crippen LogP contribution in [0.1, 0.15) is 24.8 Å². The lowest BCUT2D eigenvalue weighted by Crippen LogP contribution is -2.34. The van der Waals surface area contributed by atoms with Gasteiger partial charge in [-0.3, -0.25) is 4.79 Å². The minimum atomic E-state index is 0.0330. The van der Waals surface area contributed by atoms with Gasteiger partial charge in [-0.05, 0) is 35.6 Å². The van der Waals surface area contributed by atoms with Crippen molar-refractivity contribution in [1.82, 2.24) is 4.90 Å². The Morgan fingerprint density at radius 1 is 1.24 bits per heavy atom. The number of aliphatic hydroxyl groups is 1. The van der Waals surface area contributed by atoms with Crippen molar-refractivity contribution in [2.24, 2.45) is 5.92 Å². The van der Waals surface area contributed by atoms with Gasteiger partial charge in [0.1, 0.15) is 0 Å². The first-order valence-electron chi connectivity index (χ1n) is 7.63. The van der Waals surface area contributed by atoms with Crippen molar-refractivity contribution in [2.75, 3.05) is 19.7 Å². The van der Waals surface area contributed by atoms with Crippen LogP contribution in [-0.4, -0.2) is 35.6 Å². The molecule has 2 aromatic rings. The van der Waals surface area contributed by atoms with Crippen LogP contribution >= 0.6 is 0 Å². The summed E-state index contributed by atoms with van der Waals surface area (Å²) in [5, 5.41) is 11.5. The summed E-state index contributed by atoms with van der Waals surface area (Å²) >= 11 is 0. The summed E-state index contributed by atoms with van der Waals surface area (Å²) in [6, 6.07) is 14.7. The molecule has 21 heavy (non-hydrogen) atoms. The summed E-state index contributed by atoms with van der Waals surface area (Å²) in [5.41, 5.74) is 1.28. The van der Waals surface area contributed by atoms with Gasteiger partial charge in [0, 0.05) is 19.0 Å². The van der Waals surface area contributed by atoms with Crippen molar-refractivity contribution in [2.45, 2.75) is 19.3 Å². The molecular weight excluding hydrogens is 262 g/mol. The number of amides is 1. The van der Waals surface area contributed by atoms with Crippen LogP contribution in [0.2, 0.25) is 0 Å². The molecule has 1 fully saturated rings. The van der Waals surface area contributed by atoms with Crippen LogP contribution in [0.25, 0.3) is 10.8 Å². The Bertz CT molecular complexity index is 647. The van der Waals surface area contributed by atoms with E-state index >= 15 is 0 Å². The number of carbonyl (C=O) groups excluding carboxylic acids is 1. The van der Waals surface area contributed by atoms with E-state index in [9.17, 15) is 4.79 Å². The Morgan fingerprint density at radius 2 is 2.00 bits per heavy atom. The number of nitrogens with zero attached hydrogens (tertiary/aromatic N) is 1. The van der Waals surface area contributed by atoms with Crippen LogP contribution in [0.5, 0.6) is 0 Å². The average Bonchev–Trinajstić information content (AvgIpc) is 3.32. The fourth-order valence-corrected chi connectivity index (χ4v) is 3.16. The van der Waals surface area contributed by atoms with Crippen LogP contribution in [0.3, 0.4) is 0 Å². The number of aliphatic hydroxyl groups excluding tert-OH is 1.